The van der Waals surface area contributed by atoms with Crippen molar-refractivity contribution in [3.05, 3.63) is 57.8 Å². The van der Waals surface area contributed by atoms with E-state index in [0.29, 0.717) is 16.0 Å². The number of rotatable bonds is 7. The largest absolute Gasteiger partial charge is 0.378 e. The van der Waals surface area contributed by atoms with Crippen LogP contribution in [-0.4, -0.2) is 33.7 Å². The fourth-order valence-electron chi connectivity index (χ4n) is 2.14. The smallest absolute Gasteiger partial charge is 0.251 e. The predicted octanol–water partition coefficient (Wildman–Crippen LogP) is 2.77. The number of nitrogens with one attached hydrogen (secondary N) is 2. The first-order valence-electron chi connectivity index (χ1n) is 7.67. The summed E-state index contributed by atoms with van der Waals surface area (Å²) < 4.78 is 4.97. The molecule has 0 unspecified atom stereocenters. The third-order valence-corrected chi connectivity index (χ3v) is 4.86. The minimum absolute atomic E-state index is 0.111. The maximum absolute atomic E-state index is 12.1. The van der Waals surface area contributed by atoms with Gasteiger partial charge in [0.2, 0.25) is 5.91 Å². The molecule has 1 amide bonds. The van der Waals surface area contributed by atoms with Gasteiger partial charge in [-0.05, 0) is 0 Å². The van der Waals surface area contributed by atoms with Gasteiger partial charge in [-0.2, -0.15) is 0 Å². The van der Waals surface area contributed by atoms with Gasteiger partial charge in [-0.3, -0.25) is 9.59 Å². The molecule has 0 fully saturated rings. The summed E-state index contributed by atoms with van der Waals surface area (Å²) in [5, 5.41) is 5.56. The standard InChI is InChI=1S/C17H16N4O3S2/c1-24-8-12-7-14(22)20-16(18-12)26-10-15(23)21-17-19-13(9-25-17)11-5-3-2-4-6-11/h2-7,9H,8,10H2,1H3,(H,18,20,22)(H,19,21,23). The van der Waals surface area contributed by atoms with Gasteiger partial charge in [0.1, 0.15) is 0 Å². The molecule has 0 bridgehead atoms. The van der Waals surface area contributed by atoms with Crippen molar-refractivity contribution < 1.29 is 9.53 Å². The summed E-state index contributed by atoms with van der Waals surface area (Å²) in [6.07, 6.45) is 0. The van der Waals surface area contributed by atoms with Crippen LogP contribution in [0.2, 0.25) is 0 Å². The summed E-state index contributed by atoms with van der Waals surface area (Å²) in [5.74, 6) is -0.108. The number of benzene rings is 1. The van der Waals surface area contributed by atoms with E-state index in [4.69, 9.17) is 4.74 Å². The number of amides is 1. The Labute approximate surface area is 157 Å². The molecular formula is C17H16N4O3S2. The molecule has 7 nitrogen and oxygen atoms in total. The third-order valence-electron chi connectivity index (χ3n) is 3.23. The number of aromatic nitrogens is 3. The molecule has 0 saturated heterocycles. The molecular weight excluding hydrogens is 372 g/mol. The lowest BCUT2D eigenvalue weighted by atomic mass is 10.2. The number of carbonyl (C=O) groups is 1. The third kappa shape index (κ3) is 5.01. The lowest BCUT2D eigenvalue weighted by molar-refractivity contribution is -0.113. The van der Waals surface area contributed by atoms with Gasteiger partial charge in [-0.25, -0.2) is 9.97 Å². The summed E-state index contributed by atoms with van der Waals surface area (Å²) in [4.78, 5) is 35.0. The maximum atomic E-state index is 12.1. The highest BCUT2D eigenvalue weighted by Gasteiger charge is 2.10. The zero-order valence-corrected chi connectivity index (χ0v) is 15.5. The number of thiazole rings is 1. The molecule has 3 rings (SSSR count). The summed E-state index contributed by atoms with van der Waals surface area (Å²) in [6, 6.07) is 11.1. The second-order valence-electron chi connectivity index (χ2n) is 5.22. The van der Waals surface area contributed by atoms with Gasteiger partial charge in [-0.1, -0.05) is 42.1 Å². The molecule has 2 N–H and O–H groups in total. The summed E-state index contributed by atoms with van der Waals surface area (Å²) in [7, 11) is 1.53. The molecule has 0 radical (unpaired) electrons. The number of methoxy groups -OCH3 is 1. The van der Waals surface area contributed by atoms with Crippen LogP contribution in [0.15, 0.2) is 51.7 Å². The first-order valence-corrected chi connectivity index (χ1v) is 9.53. The Morgan fingerprint density at radius 1 is 1.31 bits per heavy atom. The van der Waals surface area contributed by atoms with E-state index in [1.165, 1.54) is 24.5 Å². The van der Waals surface area contributed by atoms with Gasteiger partial charge < -0.3 is 15.0 Å². The first-order chi connectivity index (χ1) is 12.6. The van der Waals surface area contributed by atoms with E-state index in [9.17, 15) is 9.59 Å². The molecule has 0 aliphatic rings. The molecule has 26 heavy (non-hydrogen) atoms. The molecule has 0 aliphatic heterocycles. The van der Waals surface area contributed by atoms with Gasteiger partial charge in [-0.15, -0.1) is 11.3 Å². The number of nitrogens with zero attached hydrogens (tertiary/aromatic N) is 2. The fraction of sp³-hybridized carbons (Fsp3) is 0.176. The Kier molecular flexibility index (Phi) is 6.16. The molecule has 2 aromatic heterocycles. The number of H-pyrrole nitrogens is 1. The van der Waals surface area contributed by atoms with Crippen molar-refractivity contribution in [3.63, 3.8) is 0 Å². The van der Waals surface area contributed by atoms with Crippen LogP contribution < -0.4 is 10.9 Å². The Hall–Kier alpha value is -2.49. The summed E-state index contributed by atoms with van der Waals surface area (Å²) in [6.45, 7) is 0.241. The van der Waals surface area contributed by atoms with E-state index in [1.54, 1.807) is 0 Å². The fourth-order valence-corrected chi connectivity index (χ4v) is 3.57. The lowest BCUT2D eigenvalue weighted by Gasteiger charge is -2.04. The van der Waals surface area contributed by atoms with Crippen molar-refractivity contribution >= 4 is 34.1 Å². The van der Waals surface area contributed by atoms with Crippen LogP contribution in [0.5, 0.6) is 0 Å². The van der Waals surface area contributed by atoms with Crippen LogP contribution in [0.1, 0.15) is 5.69 Å². The Bertz CT molecular complexity index is 940. The number of carbonyl (C=O) groups excluding carboxylic acids is 1. The van der Waals surface area contributed by atoms with Crippen LogP contribution >= 0.6 is 23.1 Å². The summed E-state index contributed by atoms with van der Waals surface area (Å²) >= 11 is 2.51. The number of anilines is 1. The van der Waals surface area contributed by atoms with Gasteiger partial charge in [0.25, 0.3) is 5.56 Å². The van der Waals surface area contributed by atoms with Gasteiger partial charge in [0, 0.05) is 24.1 Å². The molecule has 0 atom stereocenters. The maximum Gasteiger partial charge on any atom is 0.251 e. The minimum Gasteiger partial charge on any atom is -0.378 e. The topological polar surface area (TPSA) is 97.0 Å². The second-order valence-corrected chi connectivity index (χ2v) is 7.04. The Balaban J connectivity index is 1.58. The molecule has 0 saturated carbocycles. The van der Waals surface area contributed by atoms with E-state index in [0.717, 1.165) is 23.0 Å². The van der Waals surface area contributed by atoms with Crippen LogP contribution in [0, 0.1) is 0 Å². The molecule has 1 aromatic carbocycles. The second kappa shape index (κ2) is 8.75. The van der Waals surface area contributed by atoms with Gasteiger partial charge in [0.15, 0.2) is 10.3 Å². The quantitative estimate of drug-likeness (QED) is 0.477. The SMILES string of the molecule is COCc1cc(=O)[nH]c(SCC(=O)Nc2nc(-c3ccccc3)cs2)n1. The van der Waals surface area contributed by atoms with Gasteiger partial charge >= 0.3 is 0 Å². The zero-order chi connectivity index (χ0) is 18.4. The summed E-state index contributed by atoms with van der Waals surface area (Å²) in [5.41, 5.74) is 2.06. The minimum atomic E-state index is -0.276. The highest BCUT2D eigenvalue weighted by molar-refractivity contribution is 7.99. The van der Waals surface area contributed by atoms with E-state index in [1.807, 2.05) is 35.7 Å². The number of hydrogen-bond acceptors (Lipinski definition) is 7. The normalized spacial score (nSPS) is 10.7. The van der Waals surface area contributed by atoms with Crippen molar-refractivity contribution in [1.82, 2.24) is 15.0 Å². The van der Waals surface area contributed by atoms with Crippen molar-refractivity contribution in [2.45, 2.75) is 11.8 Å². The Morgan fingerprint density at radius 3 is 2.88 bits per heavy atom. The van der Waals surface area contributed by atoms with E-state index in [-0.39, 0.29) is 23.8 Å². The van der Waals surface area contributed by atoms with Crippen LogP contribution in [0.25, 0.3) is 11.3 Å². The number of aromatic amines is 1. The van der Waals surface area contributed by atoms with Crippen LogP contribution in [0.3, 0.4) is 0 Å². The van der Waals surface area contributed by atoms with Gasteiger partial charge in [0.05, 0.1) is 23.7 Å². The van der Waals surface area contributed by atoms with E-state index < -0.39 is 0 Å². The van der Waals surface area contributed by atoms with Crippen LogP contribution in [-0.2, 0) is 16.1 Å². The average molecular weight is 388 g/mol. The lowest BCUT2D eigenvalue weighted by Crippen LogP contribution is -2.16. The number of hydrogen-bond donors (Lipinski definition) is 2. The highest BCUT2D eigenvalue weighted by Crippen LogP contribution is 2.24. The van der Waals surface area contributed by atoms with Crippen molar-refractivity contribution in [2.24, 2.45) is 0 Å². The van der Waals surface area contributed by atoms with Crippen molar-refractivity contribution in [3.8, 4) is 11.3 Å². The molecule has 0 spiro atoms. The number of thioether (sulfide) groups is 1. The molecule has 0 aliphatic carbocycles. The highest BCUT2D eigenvalue weighted by atomic mass is 32.2. The predicted molar refractivity (Wildman–Crippen MR) is 102 cm³/mol. The monoisotopic (exact) mass is 388 g/mol. The molecule has 134 valence electrons. The van der Waals surface area contributed by atoms with Crippen molar-refractivity contribution in [1.29, 1.82) is 0 Å². The molecule has 3 aromatic rings. The van der Waals surface area contributed by atoms with Crippen LogP contribution in [0.4, 0.5) is 5.13 Å². The average Bonchev–Trinajstić information content (AvgIpc) is 3.09. The molecule has 9 heteroatoms. The van der Waals surface area contributed by atoms with Crippen molar-refractivity contribution in [2.75, 3.05) is 18.2 Å². The zero-order valence-electron chi connectivity index (χ0n) is 13.9. The van der Waals surface area contributed by atoms with E-state index >= 15 is 0 Å². The number of ether oxygens (including phenoxy) is 1. The first kappa shape index (κ1) is 18.3. The molecule has 2 heterocycles. The van der Waals surface area contributed by atoms with E-state index in [2.05, 4.69) is 20.3 Å². The Morgan fingerprint density at radius 2 is 2.12 bits per heavy atom.